The lowest BCUT2D eigenvalue weighted by atomic mass is 10.0. The van der Waals surface area contributed by atoms with Gasteiger partial charge in [-0.2, -0.15) is 0 Å². The van der Waals surface area contributed by atoms with Crippen molar-refractivity contribution in [3.05, 3.63) is 46.0 Å². The van der Waals surface area contributed by atoms with E-state index in [9.17, 15) is 9.90 Å². The number of aliphatic hydroxyl groups excluding tert-OH is 1. The molecule has 2 aliphatic rings. The fourth-order valence-electron chi connectivity index (χ4n) is 3.87. The first-order valence-electron chi connectivity index (χ1n) is 8.72. The number of aliphatic hydroxyl groups is 1. The number of carbonyl (C=O) groups is 1. The van der Waals surface area contributed by atoms with Gasteiger partial charge in [0.1, 0.15) is 11.9 Å². The van der Waals surface area contributed by atoms with Gasteiger partial charge in [-0.3, -0.25) is 4.79 Å². The van der Waals surface area contributed by atoms with Crippen molar-refractivity contribution in [1.82, 2.24) is 4.90 Å². The molecule has 2 aromatic rings. The lowest BCUT2D eigenvalue weighted by molar-refractivity contribution is -0.134. The quantitative estimate of drug-likeness (QED) is 0.895. The summed E-state index contributed by atoms with van der Waals surface area (Å²) in [5.74, 6) is 1.42. The van der Waals surface area contributed by atoms with E-state index in [1.807, 2.05) is 16.2 Å². The summed E-state index contributed by atoms with van der Waals surface area (Å²) < 4.78 is 5.29. The molecule has 1 aliphatic carbocycles. The zero-order valence-electron chi connectivity index (χ0n) is 13.9. The van der Waals surface area contributed by atoms with Crippen LogP contribution in [0.25, 0.3) is 0 Å². The fourth-order valence-corrected chi connectivity index (χ4v) is 4.93. The highest BCUT2D eigenvalue weighted by molar-refractivity contribution is 7.12. The highest BCUT2D eigenvalue weighted by Crippen LogP contribution is 2.51. The largest absolute Gasteiger partial charge is 0.467 e. The first-order valence-corrected chi connectivity index (χ1v) is 9.53. The van der Waals surface area contributed by atoms with E-state index >= 15 is 0 Å². The van der Waals surface area contributed by atoms with Gasteiger partial charge in [0.2, 0.25) is 5.91 Å². The maximum absolute atomic E-state index is 12.9. The molecule has 4 unspecified atom stereocenters. The number of hydrogen-bond acceptors (Lipinski definition) is 4. The number of carbonyl (C=O) groups excluding carboxylic acids is 1. The molecule has 2 fully saturated rings. The smallest absolute Gasteiger partial charge is 0.226 e. The summed E-state index contributed by atoms with van der Waals surface area (Å²) in [4.78, 5) is 17.6. The Morgan fingerprint density at radius 1 is 1.46 bits per heavy atom. The van der Waals surface area contributed by atoms with E-state index < -0.39 is 6.10 Å². The molecule has 4 nitrogen and oxygen atoms in total. The molecule has 3 heterocycles. The monoisotopic (exact) mass is 345 g/mol. The number of aryl methyl sites for hydroxylation is 1. The van der Waals surface area contributed by atoms with Crippen molar-refractivity contribution in [3.63, 3.8) is 0 Å². The lowest BCUT2D eigenvalue weighted by Gasteiger charge is -2.26. The van der Waals surface area contributed by atoms with Crippen LogP contribution in [-0.4, -0.2) is 28.5 Å². The van der Waals surface area contributed by atoms with E-state index in [0.29, 0.717) is 18.1 Å². The Bertz CT molecular complexity index is 708. The predicted molar refractivity (Wildman–Crippen MR) is 92.9 cm³/mol. The van der Waals surface area contributed by atoms with Crippen LogP contribution in [-0.2, 0) is 4.79 Å². The Labute approximate surface area is 146 Å². The third-order valence-electron chi connectivity index (χ3n) is 5.26. The van der Waals surface area contributed by atoms with Crippen LogP contribution in [0, 0.1) is 12.8 Å². The topological polar surface area (TPSA) is 53.7 Å². The summed E-state index contributed by atoms with van der Waals surface area (Å²) in [6, 6.07) is 8.01. The van der Waals surface area contributed by atoms with Crippen molar-refractivity contribution < 1.29 is 14.3 Å². The van der Waals surface area contributed by atoms with Crippen molar-refractivity contribution in [1.29, 1.82) is 0 Å². The summed E-state index contributed by atoms with van der Waals surface area (Å²) in [7, 11) is 0. The molecule has 1 amide bonds. The molecule has 1 saturated carbocycles. The molecule has 24 heavy (non-hydrogen) atoms. The van der Waals surface area contributed by atoms with Gasteiger partial charge in [-0.05, 0) is 50.5 Å². The maximum Gasteiger partial charge on any atom is 0.226 e. The molecular weight excluding hydrogens is 322 g/mol. The summed E-state index contributed by atoms with van der Waals surface area (Å²) in [6.45, 7) is 2.93. The molecule has 4 atom stereocenters. The average Bonchev–Trinajstić information content (AvgIpc) is 2.99. The van der Waals surface area contributed by atoms with Crippen molar-refractivity contribution >= 4 is 17.2 Å². The van der Waals surface area contributed by atoms with Crippen LogP contribution in [0.2, 0.25) is 0 Å². The number of amides is 1. The van der Waals surface area contributed by atoms with Gasteiger partial charge in [0.05, 0.1) is 6.26 Å². The third kappa shape index (κ3) is 3.03. The Kier molecular flexibility index (Phi) is 4.22. The molecular formula is C19H23NO3S. The SMILES string of the molecule is Cc1ccc(C2CC2C(=O)N2CCCC2CC(O)c2ccco2)s1. The molecule has 2 aromatic heterocycles. The standard InChI is InChI=1S/C19H23NO3S/c1-12-6-7-18(24-12)14-11-15(14)19(22)20-8-2-4-13(20)10-16(21)17-5-3-9-23-17/h3,5-7,9,13-16,21H,2,4,8,10-11H2,1H3. The predicted octanol–water partition coefficient (Wildman–Crippen LogP) is 3.87. The number of rotatable bonds is 5. The molecule has 5 heteroatoms. The molecule has 0 bridgehead atoms. The normalized spacial score (nSPS) is 27.4. The second-order valence-electron chi connectivity index (χ2n) is 6.99. The zero-order chi connectivity index (χ0) is 16.7. The minimum absolute atomic E-state index is 0.129. The Morgan fingerprint density at radius 3 is 3.04 bits per heavy atom. The van der Waals surface area contributed by atoms with Crippen molar-refractivity contribution in [2.45, 2.75) is 50.7 Å². The second-order valence-corrected chi connectivity index (χ2v) is 8.31. The summed E-state index contributed by atoms with van der Waals surface area (Å²) in [5, 5.41) is 10.3. The van der Waals surface area contributed by atoms with E-state index in [1.165, 1.54) is 9.75 Å². The lowest BCUT2D eigenvalue weighted by Crippen LogP contribution is -2.37. The zero-order valence-corrected chi connectivity index (χ0v) is 14.7. The van der Waals surface area contributed by atoms with Gasteiger partial charge in [0, 0.05) is 40.6 Å². The van der Waals surface area contributed by atoms with Crippen LogP contribution in [0.4, 0.5) is 0 Å². The van der Waals surface area contributed by atoms with Crippen LogP contribution in [0.3, 0.4) is 0 Å². The maximum atomic E-state index is 12.9. The van der Waals surface area contributed by atoms with Gasteiger partial charge in [-0.25, -0.2) is 0 Å². The molecule has 1 saturated heterocycles. The molecule has 0 spiro atoms. The Balaban J connectivity index is 1.39. The first kappa shape index (κ1) is 15.9. The van der Waals surface area contributed by atoms with Gasteiger partial charge in [0.15, 0.2) is 0 Å². The van der Waals surface area contributed by atoms with E-state index in [0.717, 1.165) is 25.8 Å². The van der Waals surface area contributed by atoms with Crippen molar-refractivity contribution in [2.75, 3.05) is 6.54 Å². The van der Waals surface area contributed by atoms with E-state index in [1.54, 1.807) is 18.4 Å². The molecule has 1 aliphatic heterocycles. The number of thiophene rings is 1. The number of hydrogen-bond donors (Lipinski definition) is 1. The number of likely N-dealkylation sites (tertiary alicyclic amines) is 1. The first-order chi connectivity index (χ1) is 11.6. The fraction of sp³-hybridized carbons (Fsp3) is 0.526. The highest BCUT2D eigenvalue weighted by atomic mass is 32.1. The van der Waals surface area contributed by atoms with Crippen molar-refractivity contribution in [3.8, 4) is 0 Å². The van der Waals surface area contributed by atoms with Gasteiger partial charge < -0.3 is 14.4 Å². The van der Waals surface area contributed by atoms with Crippen LogP contribution >= 0.6 is 11.3 Å². The molecule has 128 valence electrons. The van der Waals surface area contributed by atoms with E-state index in [-0.39, 0.29) is 17.9 Å². The van der Waals surface area contributed by atoms with E-state index in [2.05, 4.69) is 19.1 Å². The molecule has 1 N–H and O–H groups in total. The Morgan fingerprint density at radius 2 is 2.33 bits per heavy atom. The van der Waals surface area contributed by atoms with Crippen LogP contribution in [0.1, 0.15) is 53.2 Å². The minimum atomic E-state index is -0.631. The van der Waals surface area contributed by atoms with Crippen LogP contribution in [0.15, 0.2) is 34.9 Å². The van der Waals surface area contributed by atoms with Gasteiger partial charge in [-0.15, -0.1) is 11.3 Å². The van der Waals surface area contributed by atoms with Gasteiger partial charge in [-0.1, -0.05) is 0 Å². The average molecular weight is 345 g/mol. The molecule has 0 radical (unpaired) electrons. The highest BCUT2D eigenvalue weighted by Gasteiger charge is 2.48. The number of furan rings is 1. The second kappa shape index (κ2) is 6.37. The summed E-state index contributed by atoms with van der Waals surface area (Å²) in [5.41, 5.74) is 0. The Hall–Kier alpha value is -1.59. The summed E-state index contributed by atoms with van der Waals surface area (Å²) in [6.07, 6.45) is 4.48. The van der Waals surface area contributed by atoms with Crippen LogP contribution in [0.5, 0.6) is 0 Å². The van der Waals surface area contributed by atoms with Gasteiger partial charge >= 0.3 is 0 Å². The van der Waals surface area contributed by atoms with Crippen LogP contribution < -0.4 is 0 Å². The third-order valence-corrected chi connectivity index (χ3v) is 6.39. The van der Waals surface area contributed by atoms with E-state index in [4.69, 9.17) is 4.42 Å². The van der Waals surface area contributed by atoms with Crippen molar-refractivity contribution in [2.24, 2.45) is 5.92 Å². The number of nitrogens with zero attached hydrogens (tertiary/aromatic N) is 1. The van der Waals surface area contributed by atoms with Gasteiger partial charge in [0.25, 0.3) is 0 Å². The molecule has 0 aromatic carbocycles. The summed E-state index contributed by atoms with van der Waals surface area (Å²) >= 11 is 1.81. The minimum Gasteiger partial charge on any atom is -0.467 e. The molecule has 4 rings (SSSR count).